The molecule has 2 aliphatic rings. The minimum atomic E-state index is -1.12. The van der Waals surface area contributed by atoms with E-state index in [1.807, 2.05) is 12.1 Å². The van der Waals surface area contributed by atoms with E-state index in [2.05, 4.69) is 17.0 Å². The van der Waals surface area contributed by atoms with Gasteiger partial charge in [-0.05, 0) is 17.5 Å². The number of benzene rings is 1. The molecule has 0 amide bonds. The van der Waals surface area contributed by atoms with Crippen LogP contribution in [-0.2, 0) is 16.1 Å². The maximum Gasteiger partial charge on any atom is 0.325 e. The fourth-order valence-electron chi connectivity index (χ4n) is 2.97. The summed E-state index contributed by atoms with van der Waals surface area (Å²) in [6.07, 6.45) is 0.487. The maximum atomic E-state index is 11.2. The fraction of sp³-hybridized carbons (Fsp3) is 0.500. The van der Waals surface area contributed by atoms with Gasteiger partial charge in [-0.15, -0.1) is 0 Å². The van der Waals surface area contributed by atoms with Gasteiger partial charge in [0.05, 0.1) is 19.3 Å². The van der Waals surface area contributed by atoms with Crippen LogP contribution < -0.4 is 5.73 Å². The molecule has 102 valence electrons. The summed E-state index contributed by atoms with van der Waals surface area (Å²) in [4.78, 5) is 13.3. The number of carboxylic acids is 1. The molecular weight excluding hydrogens is 244 g/mol. The number of nitrogens with zero attached hydrogens (tertiary/aromatic N) is 1. The summed E-state index contributed by atoms with van der Waals surface area (Å²) in [6, 6.07) is 8.29. The predicted octanol–water partition coefficient (Wildman–Crippen LogP) is 0.746. The van der Waals surface area contributed by atoms with Crippen molar-refractivity contribution in [2.75, 3.05) is 19.7 Å². The molecule has 1 saturated heterocycles. The Bertz CT molecular complexity index is 505. The Kier molecular flexibility index (Phi) is 3.05. The normalized spacial score (nSPS) is 31.1. The minimum absolute atomic E-state index is 0.120. The number of ether oxygens (including phenoxy) is 1. The van der Waals surface area contributed by atoms with Gasteiger partial charge in [0.1, 0.15) is 5.54 Å². The first kappa shape index (κ1) is 12.6. The largest absolute Gasteiger partial charge is 0.480 e. The van der Waals surface area contributed by atoms with Crippen molar-refractivity contribution in [2.24, 2.45) is 5.73 Å². The lowest BCUT2D eigenvalue weighted by atomic mass is 9.97. The standard InChI is InChI=1S/C14H18N2O3/c15-14(13(17)18)5-6-16(9-14)12-8-19-7-10-3-1-2-4-11(10)12/h1-4,12H,5-9,15H2,(H,17,18). The first-order valence-corrected chi connectivity index (χ1v) is 6.52. The van der Waals surface area contributed by atoms with Gasteiger partial charge < -0.3 is 15.6 Å². The van der Waals surface area contributed by atoms with E-state index in [4.69, 9.17) is 10.5 Å². The van der Waals surface area contributed by atoms with Crippen molar-refractivity contribution in [3.63, 3.8) is 0 Å². The van der Waals surface area contributed by atoms with Gasteiger partial charge in [0.2, 0.25) is 0 Å². The first-order valence-electron chi connectivity index (χ1n) is 6.52. The second-order valence-corrected chi connectivity index (χ2v) is 5.41. The Morgan fingerprint density at radius 3 is 3.00 bits per heavy atom. The van der Waals surface area contributed by atoms with Crippen molar-refractivity contribution in [1.82, 2.24) is 4.90 Å². The van der Waals surface area contributed by atoms with E-state index in [1.54, 1.807) is 0 Å². The minimum Gasteiger partial charge on any atom is -0.480 e. The van der Waals surface area contributed by atoms with E-state index >= 15 is 0 Å². The maximum absolute atomic E-state index is 11.2. The molecule has 19 heavy (non-hydrogen) atoms. The highest BCUT2D eigenvalue weighted by Crippen LogP contribution is 2.33. The Morgan fingerprint density at radius 2 is 2.26 bits per heavy atom. The molecule has 2 unspecified atom stereocenters. The number of rotatable bonds is 2. The third-order valence-corrected chi connectivity index (χ3v) is 4.14. The third kappa shape index (κ3) is 2.14. The molecule has 1 fully saturated rings. The van der Waals surface area contributed by atoms with Crippen molar-refractivity contribution >= 4 is 5.97 Å². The smallest absolute Gasteiger partial charge is 0.325 e. The average molecular weight is 262 g/mol. The molecule has 1 aromatic rings. The molecule has 2 atom stereocenters. The second-order valence-electron chi connectivity index (χ2n) is 5.41. The van der Waals surface area contributed by atoms with Gasteiger partial charge in [-0.25, -0.2) is 0 Å². The number of fused-ring (bicyclic) bond motifs is 1. The molecule has 0 aromatic heterocycles. The zero-order chi connectivity index (χ0) is 13.5. The summed E-state index contributed by atoms with van der Waals surface area (Å²) in [7, 11) is 0. The van der Waals surface area contributed by atoms with Crippen LogP contribution in [0.25, 0.3) is 0 Å². The van der Waals surface area contributed by atoms with Crippen LogP contribution in [0.5, 0.6) is 0 Å². The number of aliphatic carboxylic acids is 1. The Balaban J connectivity index is 1.84. The van der Waals surface area contributed by atoms with Gasteiger partial charge in [-0.3, -0.25) is 9.69 Å². The predicted molar refractivity (Wildman–Crippen MR) is 69.6 cm³/mol. The number of likely N-dealkylation sites (tertiary alicyclic amines) is 1. The molecule has 0 aliphatic carbocycles. The van der Waals surface area contributed by atoms with Crippen LogP contribution in [0.1, 0.15) is 23.6 Å². The molecular formula is C14H18N2O3. The van der Waals surface area contributed by atoms with E-state index in [-0.39, 0.29) is 6.04 Å². The van der Waals surface area contributed by atoms with Crippen molar-refractivity contribution in [2.45, 2.75) is 24.6 Å². The van der Waals surface area contributed by atoms with Crippen molar-refractivity contribution in [1.29, 1.82) is 0 Å². The molecule has 0 bridgehead atoms. The van der Waals surface area contributed by atoms with Crippen molar-refractivity contribution in [3.8, 4) is 0 Å². The average Bonchev–Trinajstić information content (AvgIpc) is 2.82. The highest BCUT2D eigenvalue weighted by molar-refractivity contribution is 5.79. The lowest BCUT2D eigenvalue weighted by molar-refractivity contribution is -0.142. The van der Waals surface area contributed by atoms with Crippen molar-refractivity contribution in [3.05, 3.63) is 35.4 Å². The molecule has 0 spiro atoms. The molecule has 2 aliphatic heterocycles. The number of nitrogens with two attached hydrogens (primary N) is 1. The van der Waals surface area contributed by atoms with Crippen molar-refractivity contribution < 1.29 is 14.6 Å². The number of hydrogen-bond acceptors (Lipinski definition) is 4. The Morgan fingerprint density at radius 1 is 1.47 bits per heavy atom. The van der Waals surface area contributed by atoms with Gasteiger partial charge in [0.15, 0.2) is 0 Å². The highest BCUT2D eigenvalue weighted by Gasteiger charge is 2.44. The summed E-state index contributed by atoms with van der Waals surface area (Å²) in [6.45, 7) is 2.32. The summed E-state index contributed by atoms with van der Waals surface area (Å²) >= 11 is 0. The summed E-state index contributed by atoms with van der Waals surface area (Å²) in [5.74, 6) is -0.917. The zero-order valence-electron chi connectivity index (χ0n) is 10.7. The molecule has 0 radical (unpaired) electrons. The van der Waals surface area contributed by atoms with Gasteiger partial charge in [0.25, 0.3) is 0 Å². The van der Waals surface area contributed by atoms with Crippen LogP contribution in [-0.4, -0.2) is 41.2 Å². The summed E-state index contributed by atoms with van der Waals surface area (Å²) < 4.78 is 5.62. The lowest BCUT2D eigenvalue weighted by Crippen LogP contribution is -2.50. The molecule has 2 heterocycles. The van der Waals surface area contributed by atoms with Crippen LogP contribution in [0, 0.1) is 0 Å². The molecule has 1 aromatic carbocycles. The Hall–Kier alpha value is -1.43. The van der Waals surface area contributed by atoms with Crippen LogP contribution in [0.15, 0.2) is 24.3 Å². The van der Waals surface area contributed by atoms with Gasteiger partial charge in [0, 0.05) is 13.1 Å². The SMILES string of the molecule is NC1(C(=O)O)CCN(C2COCc3ccccc32)C1. The van der Waals surface area contributed by atoms with E-state index in [0.717, 1.165) is 0 Å². The quantitative estimate of drug-likeness (QED) is 0.822. The summed E-state index contributed by atoms with van der Waals surface area (Å²) in [5, 5.41) is 9.20. The van der Waals surface area contributed by atoms with E-state index < -0.39 is 11.5 Å². The molecule has 3 rings (SSSR count). The van der Waals surface area contributed by atoms with E-state index in [9.17, 15) is 9.90 Å². The van der Waals surface area contributed by atoms with Crippen LogP contribution >= 0.6 is 0 Å². The summed E-state index contributed by atoms with van der Waals surface area (Å²) in [5.41, 5.74) is 7.24. The van der Waals surface area contributed by atoms with Crippen LogP contribution in [0.3, 0.4) is 0 Å². The molecule has 5 nitrogen and oxygen atoms in total. The fourth-order valence-corrected chi connectivity index (χ4v) is 2.97. The molecule has 3 N–H and O–H groups in total. The Labute approximate surface area is 112 Å². The molecule has 0 saturated carbocycles. The monoisotopic (exact) mass is 262 g/mol. The first-order chi connectivity index (χ1) is 9.10. The van der Waals surface area contributed by atoms with Gasteiger partial charge in [-0.1, -0.05) is 24.3 Å². The van der Waals surface area contributed by atoms with Gasteiger partial charge >= 0.3 is 5.97 Å². The van der Waals surface area contributed by atoms with E-state index in [0.29, 0.717) is 32.7 Å². The highest BCUT2D eigenvalue weighted by atomic mass is 16.5. The number of carboxylic acid groups (broad SMARTS) is 1. The number of hydrogen-bond donors (Lipinski definition) is 2. The van der Waals surface area contributed by atoms with Crippen LogP contribution in [0.2, 0.25) is 0 Å². The van der Waals surface area contributed by atoms with E-state index in [1.165, 1.54) is 11.1 Å². The third-order valence-electron chi connectivity index (χ3n) is 4.14. The van der Waals surface area contributed by atoms with Gasteiger partial charge in [-0.2, -0.15) is 0 Å². The number of carbonyl (C=O) groups is 1. The topological polar surface area (TPSA) is 75.8 Å². The van der Waals surface area contributed by atoms with Crippen LogP contribution in [0.4, 0.5) is 0 Å². The zero-order valence-corrected chi connectivity index (χ0v) is 10.7. The second kappa shape index (κ2) is 4.59. The molecule has 5 heteroatoms. The lowest BCUT2D eigenvalue weighted by Gasteiger charge is -2.33.